The number of rotatable bonds is 5. The van der Waals surface area contributed by atoms with Crippen molar-refractivity contribution >= 4 is 5.78 Å². The lowest BCUT2D eigenvalue weighted by Gasteiger charge is -2.07. The van der Waals surface area contributed by atoms with Crippen molar-refractivity contribution in [1.82, 2.24) is 0 Å². The standard InChI is InChI=1S/C13H20NO2/c1-5-6-13(15)11-8-7-10(2)14(3)12(11)9-16-4/h7-8H,5-6,9H2,1-4H3/q+1. The number of aromatic nitrogens is 1. The van der Waals surface area contributed by atoms with Crippen LogP contribution in [0, 0.1) is 6.92 Å². The van der Waals surface area contributed by atoms with Gasteiger partial charge in [0, 0.05) is 26.5 Å². The van der Waals surface area contributed by atoms with Gasteiger partial charge in [0.15, 0.2) is 11.5 Å². The minimum atomic E-state index is 0.199. The third-order valence-corrected chi connectivity index (χ3v) is 2.79. The Hall–Kier alpha value is -1.22. The number of Topliss-reactive ketones (excluding diaryl/α,β-unsaturated/α-hetero) is 1. The van der Waals surface area contributed by atoms with Gasteiger partial charge in [-0.25, -0.2) is 4.57 Å². The van der Waals surface area contributed by atoms with Gasteiger partial charge < -0.3 is 4.74 Å². The van der Waals surface area contributed by atoms with Gasteiger partial charge in [0.05, 0.1) is 5.56 Å². The largest absolute Gasteiger partial charge is 0.374 e. The van der Waals surface area contributed by atoms with Crippen molar-refractivity contribution < 1.29 is 14.1 Å². The lowest BCUT2D eigenvalue weighted by atomic mass is 10.0. The number of methoxy groups -OCH3 is 1. The predicted octanol–water partition coefficient (Wildman–Crippen LogP) is 1.95. The molecule has 0 aromatic carbocycles. The Balaban J connectivity index is 3.17. The first-order valence-corrected chi connectivity index (χ1v) is 5.62. The number of hydrogen-bond donors (Lipinski definition) is 0. The van der Waals surface area contributed by atoms with E-state index in [-0.39, 0.29) is 5.78 Å². The van der Waals surface area contributed by atoms with E-state index < -0.39 is 0 Å². The molecule has 0 bridgehead atoms. The highest BCUT2D eigenvalue weighted by Gasteiger charge is 2.20. The zero-order valence-electron chi connectivity index (χ0n) is 10.5. The molecule has 0 aliphatic rings. The van der Waals surface area contributed by atoms with Crippen molar-refractivity contribution in [2.45, 2.75) is 33.3 Å². The number of ether oxygens (including phenoxy) is 1. The number of carbonyl (C=O) groups excluding carboxylic acids is 1. The van der Waals surface area contributed by atoms with Crippen molar-refractivity contribution in [3.8, 4) is 0 Å². The highest BCUT2D eigenvalue weighted by atomic mass is 16.5. The van der Waals surface area contributed by atoms with Crippen LogP contribution in [0.3, 0.4) is 0 Å². The van der Waals surface area contributed by atoms with Gasteiger partial charge in [-0.2, -0.15) is 0 Å². The summed E-state index contributed by atoms with van der Waals surface area (Å²) in [5.41, 5.74) is 2.87. The Bertz CT molecular complexity index is 386. The first-order valence-electron chi connectivity index (χ1n) is 5.62. The highest BCUT2D eigenvalue weighted by molar-refractivity contribution is 5.96. The Labute approximate surface area is 97.1 Å². The molecule has 1 aromatic rings. The number of pyridine rings is 1. The monoisotopic (exact) mass is 222 g/mol. The number of nitrogens with zero attached hydrogens (tertiary/aromatic N) is 1. The zero-order valence-corrected chi connectivity index (χ0v) is 10.5. The van der Waals surface area contributed by atoms with Crippen LogP contribution in [0.4, 0.5) is 0 Å². The Morgan fingerprint density at radius 2 is 2.12 bits per heavy atom. The molecular formula is C13H20NO2+. The van der Waals surface area contributed by atoms with Crippen LogP contribution in [0.15, 0.2) is 12.1 Å². The normalized spacial score (nSPS) is 10.5. The summed E-state index contributed by atoms with van der Waals surface area (Å²) in [6, 6.07) is 3.88. The topological polar surface area (TPSA) is 30.2 Å². The average Bonchev–Trinajstić information content (AvgIpc) is 2.25. The van der Waals surface area contributed by atoms with Crippen molar-refractivity contribution in [2.75, 3.05) is 7.11 Å². The SMILES string of the molecule is CCCC(=O)c1ccc(C)[n+](C)c1COC. The second kappa shape index (κ2) is 5.75. The molecule has 16 heavy (non-hydrogen) atoms. The smallest absolute Gasteiger partial charge is 0.218 e. The molecule has 0 aliphatic carbocycles. The van der Waals surface area contributed by atoms with E-state index in [1.165, 1.54) is 0 Å². The summed E-state index contributed by atoms with van der Waals surface area (Å²) >= 11 is 0. The van der Waals surface area contributed by atoms with Crippen LogP contribution in [-0.2, 0) is 18.4 Å². The lowest BCUT2D eigenvalue weighted by molar-refractivity contribution is -0.687. The van der Waals surface area contributed by atoms with E-state index in [0.29, 0.717) is 13.0 Å². The van der Waals surface area contributed by atoms with Gasteiger partial charge in [0.25, 0.3) is 0 Å². The Morgan fingerprint density at radius 3 is 2.69 bits per heavy atom. The number of aryl methyl sites for hydroxylation is 1. The number of hydrogen-bond acceptors (Lipinski definition) is 2. The molecule has 1 rings (SSSR count). The van der Waals surface area contributed by atoms with Gasteiger partial charge in [0.2, 0.25) is 5.69 Å². The Kier molecular flexibility index (Phi) is 4.62. The first kappa shape index (κ1) is 12.8. The van der Waals surface area contributed by atoms with Crippen molar-refractivity contribution in [3.63, 3.8) is 0 Å². The molecule has 1 heterocycles. The zero-order chi connectivity index (χ0) is 12.1. The van der Waals surface area contributed by atoms with E-state index in [9.17, 15) is 4.79 Å². The molecule has 88 valence electrons. The van der Waals surface area contributed by atoms with Crippen molar-refractivity contribution in [2.24, 2.45) is 7.05 Å². The fourth-order valence-corrected chi connectivity index (χ4v) is 1.73. The maximum atomic E-state index is 11.9. The van der Waals surface area contributed by atoms with Gasteiger partial charge in [-0.05, 0) is 12.5 Å². The summed E-state index contributed by atoms with van der Waals surface area (Å²) in [6.45, 7) is 4.51. The molecule has 0 N–H and O–H groups in total. The second-order valence-corrected chi connectivity index (χ2v) is 4.00. The van der Waals surface area contributed by atoms with Crippen LogP contribution in [0.5, 0.6) is 0 Å². The summed E-state index contributed by atoms with van der Waals surface area (Å²) in [5, 5.41) is 0. The quantitative estimate of drug-likeness (QED) is 0.563. The van der Waals surface area contributed by atoms with Crippen LogP contribution >= 0.6 is 0 Å². The van der Waals surface area contributed by atoms with E-state index in [4.69, 9.17) is 4.74 Å². The maximum absolute atomic E-state index is 11.9. The fourth-order valence-electron chi connectivity index (χ4n) is 1.73. The molecule has 0 radical (unpaired) electrons. The van der Waals surface area contributed by atoms with E-state index in [1.807, 2.05) is 37.6 Å². The Morgan fingerprint density at radius 1 is 1.44 bits per heavy atom. The first-order chi connectivity index (χ1) is 7.61. The lowest BCUT2D eigenvalue weighted by Crippen LogP contribution is -2.39. The summed E-state index contributed by atoms with van der Waals surface area (Å²) in [7, 11) is 3.61. The third kappa shape index (κ3) is 2.67. The molecule has 3 heteroatoms. The summed E-state index contributed by atoms with van der Waals surface area (Å²) in [6.07, 6.45) is 1.47. The van der Waals surface area contributed by atoms with Crippen LogP contribution in [0.25, 0.3) is 0 Å². The molecule has 3 nitrogen and oxygen atoms in total. The summed E-state index contributed by atoms with van der Waals surface area (Å²) in [4.78, 5) is 11.9. The molecule has 1 aromatic heterocycles. The van der Waals surface area contributed by atoms with Crippen LogP contribution in [0.2, 0.25) is 0 Å². The number of carbonyl (C=O) groups is 1. The van der Waals surface area contributed by atoms with E-state index in [1.54, 1.807) is 7.11 Å². The summed E-state index contributed by atoms with van der Waals surface area (Å²) < 4.78 is 7.18. The fraction of sp³-hybridized carbons (Fsp3) is 0.538. The molecule has 0 saturated heterocycles. The molecule has 0 aliphatic heterocycles. The minimum Gasteiger partial charge on any atom is -0.374 e. The maximum Gasteiger partial charge on any atom is 0.218 e. The molecule has 0 amide bonds. The molecule has 0 fully saturated rings. The van der Waals surface area contributed by atoms with E-state index >= 15 is 0 Å². The van der Waals surface area contributed by atoms with Crippen molar-refractivity contribution in [1.29, 1.82) is 0 Å². The molecule has 0 unspecified atom stereocenters. The average molecular weight is 222 g/mol. The van der Waals surface area contributed by atoms with Gasteiger partial charge in [-0.1, -0.05) is 6.92 Å². The van der Waals surface area contributed by atoms with Gasteiger partial charge in [-0.3, -0.25) is 4.79 Å². The van der Waals surface area contributed by atoms with Crippen LogP contribution in [0.1, 0.15) is 41.5 Å². The van der Waals surface area contributed by atoms with Gasteiger partial charge in [0.1, 0.15) is 13.7 Å². The van der Waals surface area contributed by atoms with Gasteiger partial charge in [-0.15, -0.1) is 0 Å². The van der Waals surface area contributed by atoms with E-state index in [0.717, 1.165) is 23.4 Å². The van der Waals surface area contributed by atoms with Crippen molar-refractivity contribution in [3.05, 3.63) is 29.1 Å². The molecule has 0 saturated carbocycles. The third-order valence-electron chi connectivity index (χ3n) is 2.79. The van der Waals surface area contributed by atoms with E-state index in [2.05, 4.69) is 0 Å². The number of ketones is 1. The summed E-state index contributed by atoms with van der Waals surface area (Å²) in [5.74, 6) is 0.199. The highest BCUT2D eigenvalue weighted by Crippen LogP contribution is 2.11. The predicted molar refractivity (Wildman–Crippen MR) is 62.3 cm³/mol. The molecular weight excluding hydrogens is 202 g/mol. The van der Waals surface area contributed by atoms with Crippen LogP contribution < -0.4 is 4.57 Å². The minimum absolute atomic E-state index is 0.199. The van der Waals surface area contributed by atoms with Crippen LogP contribution in [-0.4, -0.2) is 12.9 Å². The van der Waals surface area contributed by atoms with Gasteiger partial charge >= 0.3 is 0 Å². The molecule has 0 spiro atoms. The second-order valence-electron chi connectivity index (χ2n) is 4.00. The molecule has 0 atom stereocenters.